The summed E-state index contributed by atoms with van der Waals surface area (Å²) in [5.74, 6) is 0.662. The third kappa shape index (κ3) is 3.81. The molecular formula is C22H34N2O2. The first-order chi connectivity index (χ1) is 12.5. The van der Waals surface area contributed by atoms with Crippen LogP contribution in [0.5, 0.6) is 0 Å². The maximum absolute atomic E-state index is 13.0. The monoisotopic (exact) mass is 358 g/mol. The molecule has 4 heteroatoms. The zero-order valence-electron chi connectivity index (χ0n) is 16.4. The molecule has 2 fully saturated rings. The molecule has 1 saturated heterocycles. The van der Waals surface area contributed by atoms with Gasteiger partial charge in [-0.25, -0.2) is 0 Å². The summed E-state index contributed by atoms with van der Waals surface area (Å²) in [7, 11) is 0. The Morgan fingerprint density at radius 2 is 1.73 bits per heavy atom. The highest BCUT2D eigenvalue weighted by molar-refractivity contribution is 5.83. The molecule has 1 amide bonds. The number of hydrogen-bond acceptors (Lipinski definition) is 3. The van der Waals surface area contributed by atoms with Gasteiger partial charge in [0.25, 0.3) is 0 Å². The van der Waals surface area contributed by atoms with Crippen LogP contribution >= 0.6 is 0 Å². The molecule has 1 heterocycles. The van der Waals surface area contributed by atoms with E-state index in [-0.39, 0.29) is 11.3 Å². The lowest BCUT2D eigenvalue weighted by Gasteiger charge is -2.37. The summed E-state index contributed by atoms with van der Waals surface area (Å²) in [6.07, 6.45) is 6.21. The van der Waals surface area contributed by atoms with Crippen molar-refractivity contribution in [2.24, 2.45) is 11.1 Å². The first-order valence-corrected chi connectivity index (χ1v) is 10.2. The number of rotatable bonds is 6. The summed E-state index contributed by atoms with van der Waals surface area (Å²) in [4.78, 5) is 13.0. The second-order valence-electron chi connectivity index (χ2n) is 8.54. The minimum Gasteiger partial charge on any atom is -0.381 e. The molecular weight excluding hydrogens is 324 g/mol. The summed E-state index contributed by atoms with van der Waals surface area (Å²) >= 11 is 0. The standard InChI is InChI=1S/C22H34N2O2/c1-17(2)18-5-7-19(8-6-18)22(9-3-4-10-22)16-24-20(25)21(15-23)11-13-26-14-12-21/h5-8,17H,3-4,9-16,23H2,1-2H3,(H,24,25). The van der Waals surface area contributed by atoms with Crippen molar-refractivity contribution in [3.8, 4) is 0 Å². The minimum atomic E-state index is -0.445. The van der Waals surface area contributed by atoms with Gasteiger partial charge < -0.3 is 15.8 Å². The lowest BCUT2D eigenvalue weighted by molar-refractivity contribution is -0.136. The van der Waals surface area contributed by atoms with Crippen LogP contribution in [0.15, 0.2) is 24.3 Å². The van der Waals surface area contributed by atoms with Gasteiger partial charge in [-0.1, -0.05) is 51.0 Å². The van der Waals surface area contributed by atoms with Gasteiger partial charge in [-0.05, 0) is 42.7 Å². The molecule has 4 nitrogen and oxygen atoms in total. The molecule has 1 saturated carbocycles. The topological polar surface area (TPSA) is 64.4 Å². The number of nitrogens with one attached hydrogen (secondary N) is 1. The maximum Gasteiger partial charge on any atom is 0.227 e. The number of benzene rings is 1. The summed E-state index contributed by atoms with van der Waals surface area (Å²) in [5, 5.41) is 3.29. The highest BCUT2D eigenvalue weighted by atomic mass is 16.5. The van der Waals surface area contributed by atoms with E-state index in [9.17, 15) is 4.79 Å². The van der Waals surface area contributed by atoms with Crippen LogP contribution in [0.4, 0.5) is 0 Å². The molecule has 2 aliphatic rings. The predicted octanol–water partition coefficient (Wildman–Crippen LogP) is 3.49. The molecule has 0 atom stereocenters. The van der Waals surface area contributed by atoms with Gasteiger partial charge in [-0.3, -0.25) is 4.79 Å². The third-order valence-electron chi connectivity index (χ3n) is 6.66. The number of hydrogen-bond donors (Lipinski definition) is 2. The van der Waals surface area contributed by atoms with Gasteiger partial charge >= 0.3 is 0 Å². The minimum absolute atomic E-state index is 0.0755. The van der Waals surface area contributed by atoms with Gasteiger partial charge in [0.05, 0.1) is 5.41 Å². The van der Waals surface area contributed by atoms with Crippen molar-refractivity contribution >= 4 is 5.91 Å². The largest absolute Gasteiger partial charge is 0.381 e. The summed E-state index contributed by atoms with van der Waals surface area (Å²) in [5.41, 5.74) is 8.37. The van der Waals surface area contributed by atoms with E-state index in [2.05, 4.69) is 43.4 Å². The Kier molecular flexibility index (Phi) is 6.03. The molecule has 3 N–H and O–H groups in total. The van der Waals surface area contributed by atoms with Gasteiger partial charge in [-0.15, -0.1) is 0 Å². The van der Waals surface area contributed by atoms with Crippen molar-refractivity contribution < 1.29 is 9.53 Å². The summed E-state index contributed by atoms with van der Waals surface area (Å²) in [6.45, 7) is 6.83. The molecule has 0 radical (unpaired) electrons. The number of amides is 1. The molecule has 144 valence electrons. The van der Waals surface area contributed by atoms with Crippen molar-refractivity contribution in [3.05, 3.63) is 35.4 Å². The van der Waals surface area contributed by atoms with E-state index >= 15 is 0 Å². The van der Waals surface area contributed by atoms with Crippen molar-refractivity contribution in [1.29, 1.82) is 0 Å². The zero-order valence-corrected chi connectivity index (χ0v) is 16.4. The Hall–Kier alpha value is -1.39. The number of nitrogens with two attached hydrogens (primary N) is 1. The molecule has 1 aliphatic carbocycles. The molecule has 1 aliphatic heterocycles. The zero-order chi connectivity index (χ0) is 18.6. The SMILES string of the molecule is CC(C)c1ccc(C2(CNC(=O)C3(CN)CCOCC3)CCCC2)cc1. The molecule has 0 spiro atoms. The van der Waals surface area contributed by atoms with E-state index in [1.165, 1.54) is 24.0 Å². The molecule has 1 aromatic rings. The Morgan fingerprint density at radius 3 is 2.27 bits per heavy atom. The average Bonchev–Trinajstić information content (AvgIpc) is 3.17. The second kappa shape index (κ2) is 8.10. The van der Waals surface area contributed by atoms with Crippen LogP contribution in [0.3, 0.4) is 0 Å². The van der Waals surface area contributed by atoms with Gasteiger partial charge in [0, 0.05) is 31.7 Å². The Balaban J connectivity index is 1.73. The Labute approximate surface area is 157 Å². The van der Waals surface area contributed by atoms with E-state index in [4.69, 9.17) is 10.5 Å². The first kappa shape index (κ1) is 19.4. The van der Waals surface area contributed by atoms with E-state index in [1.807, 2.05) is 0 Å². The maximum atomic E-state index is 13.0. The quantitative estimate of drug-likeness (QED) is 0.818. The van der Waals surface area contributed by atoms with Crippen LogP contribution < -0.4 is 11.1 Å². The number of carbonyl (C=O) groups excluding carboxylic acids is 1. The van der Waals surface area contributed by atoms with Gasteiger partial charge in [-0.2, -0.15) is 0 Å². The van der Waals surface area contributed by atoms with Crippen LogP contribution in [0.1, 0.15) is 69.4 Å². The molecule has 0 bridgehead atoms. The van der Waals surface area contributed by atoms with Crippen molar-refractivity contribution in [1.82, 2.24) is 5.32 Å². The van der Waals surface area contributed by atoms with Crippen LogP contribution in [0.2, 0.25) is 0 Å². The highest BCUT2D eigenvalue weighted by Crippen LogP contribution is 2.41. The fourth-order valence-corrected chi connectivity index (χ4v) is 4.56. The van der Waals surface area contributed by atoms with E-state index in [0.29, 0.717) is 25.7 Å². The van der Waals surface area contributed by atoms with E-state index in [0.717, 1.165) is 32.2 Å². The number of ether oxygens (including phenoxy) is 1. The predicted molar refractivity (Wildman–Crippen MR) is 105 cm³/mol. The average molecular weight is 359 g/mol. The van der Waals surface area contributed by atoms with E-state index < -0.39 is 5.41 Å². The highest BCUT2D eigenvalue weighted by Gasteiger charge is 2.41. The van der Waals surface area contributed by atoms with Crippen LogP contribution in [0, 0.1) is 5.41 Å². The smallest absolute Gasteiger partial charge is 0.227 e. The second-order valence-corrected chi connectivity index (χ2v) is 8.54. The van der Waals surface area contributed by atoms with Gasteiger partial charge in [0.2, 0.25) is 5.91 Å². The van der Waals surface area contributed by atoms with Crippen molar-refractivity contribution in [2.45, 2.75) is 63.7 Å². The lowest BCUT2D eigenvalue weighted by atomic mass is 9.76. The summed E-state index contributed by atoms with van der Waals surface area (Å²) in [6, 6.07) is 9.06. The van der Waals surface area contributed by atoms with Crippen molar-refractivity contribution in [3.63, 3.8) is 0 Å². The Bertz CT molecular complexity index is 597. The van der Waals surface area contributed by atoms with Gasteiger partial charge in [0.1, 0.15) is 0 Å². The van der Waals surface area contributed by atoms with Crippen LogP contribution in [-0.2, 0) is 14.9 Å². The fourth-order valence-electron chi connectivity index (χ4n) is 4.56. The first-order valence-electron chi connectivity index (χ1n) is 10.2. The van der Waals surface area contributed by atoms with Crippen molar-refractivity contribution in [2.75, 3.05) is 26.3 Å². The molecule has 0 aromatic heterocycles. The molecule has 26 heavy (non-hydrogen) atoms. The fraction of sp³-hybridized carbons (Fsp3) is 0.682. The summed E-state index contributed by atoms with van der Waals surface area (Å²) < 4.78 is 5.44. The lowest BCUT2D eigenvalue weighted by Crippen LogP contribution is -2.51. The molecule has 3 rings (SSSR count). The van der Waals surface area contributed by atoms with Gasteiger partial charge in [0.15, 0.2) is 0 Å². The van der Waals surface area contributed by atoms with E-state index in [1.54, 1.807) is 0 Å². The molecule has 1 aromatic carbocycles. The normalized spacial score (nSPS) is 21.7. The van der Waals surface area contributed by atoms with Crippen LogP contribution in [0.25, 0.3) is 0 Å². The molecule has 0 unspecified atom stereocenters. The number of carbonyl (C=O) groups is 1. The van der Waals surface area contributed by atoms with Crippen LogP contribution in [-0.4, -0.2) is 32.2 Å². The Morgan fingerprint density at radius 1 is 1.12 bits per heavy atom. The third-order valence-corrected chi connectivity index (χ3v) is 6.66.